The van der Waals surface area contributed by atoms with Crippen molar-refractivity contribution < 1.29 is 0 Å². The van der Waals surface area contributed by atoms with Gasteiger partial charge in [0, 0.05) is 11.5 Å². The maximum Gasteiger partial charge on any atom is 0.0292 e. The summed E-state index contributed by atoms with van der Waals surface area (Å²) in [6.07, 6.45) is 10.3. The van der Waals surface area contributed by atoms with E-state index in [0.29, 0.717) is 6.54 Å². The van der Waals surface area contributed by atoms with Crippen LogP contribution in [0.3, 0.4) is 0 Å². The third-order valence-corrected chi connectivity index (χ3v) is 2.62. The first-order valence-corrected chi connectivity index (χ1v) is 5.37. The molecule has 1 aromatic rings. The van der Waals surface area contributed by atoms with E-state index in [1.807, 2.05) is 0 Å². The van der Waals surface area contributed by atoms with Gasteiger partial charge in [0.2, 0.25) is 0 Å². The van der Waals surface area contributed by atoms with Crippen LogP contribution in [0.1, 0.15) is 23.1 Å². The first kappa shape index (κ1) is 10.5. The van der Waals surface area contributed by atoms with Gasteiger partial charge in [0.15, 0.2) is 0 Å². The molecule has 16 heavy (non-hydrogen) atoms. The van der Waals surface area contributed by atoms with Crippen LogP contribution in [0.15, 0.2) is 35.5 Å². The topological polar surface area (TPSA) is 48.8 Å². The van der Waals surface area contributed by atoms with Gasteiger partial charge in [-0.2, -0.15) is 0 Å². The van der Waals surface area contributed by atoms with E-state index >= 15 is 0 Å². The highest BCUT2D eigenvalue weighted by molar-refractivity contribution is 5.67. The van der Waals surface area contributed by atoms with Crippen LogP contribution in [0, 0.1) is 0 Å². The molecule has 0 unspecified atom stereocenters. The van der Waals surface area contributed by atoms with Crippen molar-refractivity contribution in [1.29, 1.82) is 0 Å². The normalized spacial score (nSPS) is 12.8. The van der Waals surface area contributed by atoms with Crippen LogP contribution < -0.4 is 0 Å². The van der Waals surface area contributed by atoms with Crippen LogP contribution in [0.2, 0.25) is 0 Å². The van der Waals surface area contributed by atoms with Crippen LogP contribution in [-0.2, 0) is 6.42 Å². The minimum Gasteiger partial charge on any atom is -0.0937 e. The Kier molecular flexibility index (Phi) is 3.42. The zero-order valence-corrected chi connectivity index (χ0v) is 9.00. The Hall–Kier alpha value is -1.99. The van der Waals surface area contributed by atoms with Crippen LogP contribution in [-0.4, -0.2) is 6.54 Å². The van der Waals surface area contributed by atoms with Crippen molar-refractivity contribution in [2.45, 2.75) is 12.8 Å². The van der Waals surface area contributed by atoms with Gasteiger partial charge >= 0.3 is 0 Å². The van der Waals surface area contributed by atoms with Crippen molar-refractivity contribution in [2.75, 3.05) is 6.54 Å². The van der Waals surface area contributed by atoms with Gasteiger partial charge in [0.05, 0.1) is 0 Å². The molecule has 1 aliphatic rings. The first-order valence-electron chi connectivity index (χ1n) is 5.37. The predicted molar refractivity (Wildman–Crippen MR) is 66.8 cm³/mol. The summed E-state index contributed by atoms with van der Waals surface area (Å²) >= 11 is 0. The lowest BCUT2D eigenvalue weighted by molar-refractivity contribution is 0.995. The quantitative estimate of drug-likeness (QED) is 0.313. The summed E-state index contributed by atoms with van der Waals surface area (Å²) in [5, 5.41) is 3.49. The molecule has 3 nitrogen and oxygen atoms in total. The molecule has 3 heteroatoms. The molecule has 2 rings (SSSR count). The van der Waals surface area contributed by atoms with E-state index in [1.54, 1.807) is 0 Å². The number of azide groups is 1. The number of rotatable bonds is 4. The number of benzene rings is 1. The number of allylic oxidation sites excluding steroid dienone is 1. The molecular weight excluding hydrogens is 198 g/mol. The second-order valence-electron chi connectivity index (χ2n) is 3.67. The molecule has 0 spiro atoms. The average Bonchev–Trinajstić information content (AvgIpc) is 2.77. The van der Waals surface area contributed by atoms with Gasteiger partial charge in [0.25, 0.3) is 0 Å². The maximum atomic E-state index is 8.14. The summed E-state index contributed by atoms with van der Waals surface area (Å²) in [6.45, 7) is 0.528. The summed E-state index contributed by atoms with van der Waals surface area (Å²) in [7, 11) is 0. The molecule has 0 saturated heterocycles. The number of hydrogen-bond donors (Lipinski definition) is 0. The predicted octanol–water partition coefficient (Wildman–Crippen LogP) is 3.97. The smallest absolute Gasteiger partial charge is 0.0292 e. The van der Waals surface area contributed by atoms with E-state index in [4.69, 9.17) is 5.53 Å². The summed E-state index contributed by atoms with van der Waals surface area (Å²) < 4.78 is 0. The summed E-state index contributed by atoms with van der Waals surface area (Å²) in [5.74, 6) is 0. The lowest BCUT2D eigenvalue weighted by atomic mass is 10.0. The van der Waals surface area contributed by atoms with Crippen LogP contribution in [0.4, 0.5) is 0 Å². The highest BCUT2D eigenvalue weighted by atomic mass is 15.1. The highest BCUT2D eigenvalue weighted by Crippen LogP contribution is 2.23. The first-order chi connectivity index (χ1) is 7.92. The third-order valence-electron chi connectivity index (χ3n) is 2.62. The highest BCUT2D eigenvalue weighted by Gasteiger charge is 2.06. The molecule has 80 valence electrons. The Labute approximate surface area is 94.7 Å². The molecule has 0 saturated carbocycles. The molecule has 1 aliphatic carbocycles. The lowest BCUT2D eigenvalue weighted by Crippen LogP contribution is -1.86. The molecule has 0 amide bonds. The minimum absolute atomic E-state index is 0.528. The van der Waals surface area contributed by atoms with Crippen LogP contribution >= 0.6 is 0 Å². The summed E-state index contributed by atoms with van der Waals surface area (Å²) in [5.41, 5.74) is 12.1. The fourth-order valence-corrected chi connectivity index (χ4v) is 1.86. The molecule has 0 aromatic heterocycles. The molecule has 1 aromatic carbocycles. The zero-order chi connectivity index (χ0) is 11.2. The van der Waals surface area contributed by atoms with Crippen molar-refractivity contribution in [1.82, 2.24) is 0 Å². The minimum atomic E-state index is 0.528. The Morgan fingerprint density at radius 3 is 3.25 bits per heavy atom. The molecule has 0 fully saturated rings. The molecular formula is C13H13N3. The fourth-order valence-electron chi connectivity index (χ4n) is 1.86. The Morgan fingerprint density at radius 2 is 2.38 bits per heavy atom. The molecule has 0 atom stereocenters. The Bertz CT molecular complexity index is 480. The fraction of sp³-hybridized carbons (Fsp3) is 0.231. The van der Waals surface area contributed by atoms with Gasteiger partial charge < -0.3 is 0 Å². The number of nitrogens with zero attached hydrogens (tertiary/aromatic N) is 3. The van der Waals surface area contributed by atoms with E-state index in [9.17, 15) is 0 Å². The van der Waals surface area contributed by atoms with E-state index in [2.05, 4.69) is 52.5 Å². The molecule has 0 aliphatic heterocycles. The molecule has 0 N–H and O–H groups in total. The molecule has 0 bridgehead atoms. The molecule has 0 heterocycles. The Balaban J connectivity index is 2.05. The second-order valence-corrected chi connectivity index (χ2v) is 3.67. The van der Waals surface area contributed by atoms with Gasteiger partial charge in [-0.3, -0.25) is 0 Å². The molecule has 0 radical (unpaired) electrons. The van der Waals surface area contributed by atoms with Gasteiger partial charge in [-0.05, 0) is 35.1 Å². The largest absolute Gasteiger partial charge is 0.0937 e. The van der Waals surface area contributed by atoms with Crippen molar-refractivity contribution in [2.24, 2.45) is 5.11 Å². The van der Waals surface area contributed by atoms with Gasteiger partial charge in [-0.15, -0.1) is 0 Å². The van der Waals surface area contributed by atoms with E-state index < -0.39 is 0 Å². The summed E-state index contributed by atoms with van der Waals surface area (Å²) in [4.78, 5) is 2.72. The Morgan fingerprint density at radius 1 is 1.44 bits per heavy atom. The number of hydrogen-bond acceptors (Lipinski definition) is 1. The van der Waals surface area contributed by atoms with Crippen molar-refractivity contribution in [3.05, 3.63) is 57.5 Å². The summed E-state index contributed by atoms with van der Waals surface area (Å²) in [6, 6.07) is 6.33. The van der Waals surface area contributed by atoms with Crippen LogP contribution in [0.25, 0.3) is 22.6 Å². The second kappa shape index (κ2) is 5.19. The van der Waals surface area contributed by atoms with Crippen molar-refractivity contribution >= 4 is 12.2 Å². The van der Waals surface area contributed by atoms with Gasteiger partial charge in [0.1, 0.15) is 0 Å². The third kappa shape index (κ3) is 2.33. The number of fused-ring (bicyclic) bond motifs is 1. The van der Waals surface area contributed by atoms with E-state index in [-0.39, 0.29) is 0 Å². The van der Waals surface area contributed by atoms with E-state index in [0.717, 1.165) is 12.8 Å². The van der Waals surface area contributed by atoms with Crippen molar-refractivity contribution in [3.63, 3.8) is 0 Å². The van der Waals surface area contributed by atoms with Crippen LogP contribution in [0.5, 0.6) is 0 Å². The lowest BCUT2D eigenvalue weighted by Gasteiger charge is -2.03. The zero-order valence-electron chi connectivity index (χ0n) is 9.00. The monoisotopic (exact) mass is 211 g/mol. The van der Waals surface area contributed by atoms with E-state index in [1.165, 1.54) is 16.7 Å². The standard InChI is InChI=1S/C13H13N3/c14-16-15-10-2-1-5-11-6-3-7-12-8-4-9-13(11)12/h1,3-8H,2,9-10H2. The van der Waals surface area contributed by atoms with Gasteiger partial charge in [-0.25, -0.2) is 0 Å². The maximum absolute atomic E-state index is 8.14. The van der Waals surface area contributed by atoms with Crippen molar-refractivity contribution in [3.8, 4) is 0 Å². The average molecular weight is 211 g/mol. The van der Waals surface area contributed by atoms with Gasteiger partial charge in [-0.1, -0.05) is 47.6 Å². The SMILES string of the molecule is [N-]=[N+]=NCCC=Cc1cccc2c1CC=C2.